The molecule has 3 nitrogen and oxygen atoms in total. The van der Waals surface area contributed by atoms with Gasteiger partial charge in [-0.2, -0.15) is 0 Å². The lowest BCUT2D eigenvalue weighted by molar-refractivity contribution is 0.164. The Morgan fingerprint density at radius 1 is 1.11 bits per heavy atom. The van der Waals surface area contributed by atoms with Gasteiger partial charge >= 0.3 is 0 Å². The van der Waals surface area contributed by atoms with E-state index in [1.54, 1.807) is 7.11 Å². The van der Waals surface area contributed by atoms with Crippen molar-refractivity contribution in [1.29, 1.82) is 0 Å². The van der Waals surface area contributed by atoms with Crippen LogP contribution in [0.4, 0.5) is 0 Å². The van der Waals surface area contributed by atoms with Gasteiger partial charge in [0.2, 0.25) is 0 Å². The molecule has 106 valence electrons. The molecule has 0 aromatic heterocycles. The molecule has 1 saturated carbocycles. The van der Waals surface area contributed by atoms with Crippen LogP contribution in [0.5, 0.6) is 5.75 Å². The van der Waals surface area contributed by atoms with E-state index < -0.39 is 0 Å². The van der Waals surface area contributed by atoms with Gasteiger partial charge in [0.05, 0.1) is 7.11 Å². The molecular weight excluding hydrogens is 236 g/mol. The van der Waals surface area contributed by atoms with Crippen molar-refractivity contribution in [3.8, 4) is 5.75 Å². The second-order valence-electron chi connectivity index (χ2n) is 5.86. The molecule has 0 radical (unpaired) electrons. The first-order valence-corrected chi connectivity index (χ1v) is 7.17. The molecule has 19 heavy (non-hydrogen) atoms. The van der Waals surface area contributed by atoms with E-state index in [9.17, 15) is 0 Å². The fourth-order valence-electron chi connectivity index (χ4n) is 3.25. The van der Waals surface area contributed by atoms with Gasteiger partial charge in [0.25, 0.3) is 0 Å². The van der Waals surface area contributed by atoms with Crippen LogP contribution in [0.2, 0.25) is 0 Å². The van der Waals surface area contributed by atoms with Crippen LogP contribution in [-0.2, 0) is 0 Å². The highest BCUT2D eigenvalue weighted by Crippen LogP contribution is 2.37. The van der Waals surface area contributed by atoms with Gasteiger partial charge in [-0.15, -0.1) is 0 Å². The molecule has 0 bridgehead atoms. The molecule has 3 heteroatoms. The van der Waals surface area contributed by atoms with E-state index in [-0.39, 0.29) is 0 Å². The summed E-state index contributed by atoms with van der Waals surface area (Å²) in [6.45, 7) is 0. The van der Waals surface area contributed by atoms with Crippen LogP contribution in [0, 0.1) is 5.92 Å². The Bertz CT molecular complexity index is 380. The van der Waals surface area contributed by atoms with Crippen LogP contribution in [-0.4, -0.2) is 32.1 Å². The summed E-state index contributed by atoms with van der Waals surface area (Å²) in [4.78, 5) is 2.34. The van der Waals surface area contributed by atoms with Crippen molar-refractivity contribution in [2.75, 3.05) is 21.2 Å². The van der Waals surface area contributed by atoms with Gasteiger partial charge in [-0.3, -0.25) is 0 Å². The van der Waals surface area contributed by atoms with E-state index in [0.717, 1.165) is 18.6 Å². The maximum atomic E-state index is 6.02. The first kappa shape index (κ1) is 14.4. The molecule has 2 rings (SSSR count). The minimum absolute atomic E-state index is 0.412. The van der Waals surface area contributed by atoms with E-state index in [4.69, 9.17) is 10.5 Å². The summed E-state index contributed by atoms with van der Waals surface area (Å²) in [5, 5.41) is 0. The van der Waals surface area contributed by atoms with Crippen molar-refractivity contribution >= 4 is 0 Å². The summed E-state index contributed by atoms with van der Waals surface area (Å²) < 4.78 is 5.24. The molecular formula is C16H26N2O. The highest BCUT2D eigenvalue weighted by Gasteiger charge is 2.28. The van der Waals surface area contributed by atoms with Crippen molar-refractivity contribution in [1.82, 2.24) is 4.90 Å². The van der Waals surface area contributed by atoms with Crippen molar-refractivity contribution in [2.24, 2.45) is 11.7 Å². The van der Waals surface area contributed by atoms with Crippen LogP contribution < -0.4 is 10.5 Å². The first-order chi connectivity index (χ1) is 9.11. The van der Waals surface area contributed by atoms with E-state index in [2.05, 4.69) is 43.3 Å². The van der Waals surface area contributed by atoms with E-state index in [1.165, 1.54) is 18.4 Å². The number of methoxy groups -OCH3 is 1. The molecule has 0 amide bonds. The molecule has 1 aliphatic carbocycles. The second-order valence-corrected chi connectivity index (χ2v) is 5.86. The lowest BCUT2D eigenvalue weighted by Gasteiger charge is -2.36. The Labute approximate surface area is 116 Å². The molecule has 2 N–H and O–H groups in total. The number of nitrogens with zero attached hydrogens (tertiary/aromatic N) is 1. The Balaban J connectivity index is 2.14. The second kappa shape index (κ2) is 6.40. The minimum Gasteiger partial charge on any atom is -0.497 e. The molecule has 1 fully saturated rings. The number of rotatable bonds is 4. The van der Waals surface area contributed by atoms with Crippen molar-refractivity contribution in [2.45, 2.75) is 37.8 Å². The zero-order chi connectivity index (χ0) is 13.8. The minimum atomic E-state index is 0.412. The monoisotopic (exact) mass is 262 g/mol. The average molecular weight is 262 g/mol. The molecule has 1 aromatic rings. The van der Waals surface area contributed by atoms with Gasteiger partial charge < -0.3 is 15.4 Å². The topological polar surface area (TPSA) is 38.5 Å². The zero-order valence-electron chi connectivity index (χ0n) is 12.3. The summed E-state index contributed by atoms with van der Waals surface area (Å²) in [6, 6.07) is 9.39. The fraction of sp³-hybridized carbons (Fsp3) is 0.625. The Hall–Kier alpha value is -1.06. The SMILES string of the molecule is COc1ccc(C(C2CCC(N)CC2)N(C)C)cc1. The van der Waals surface area contributed by atoms with Gasteiger partial charge in [-0.05, 0) is 63.4 Å². The molecule has 1 unspecified atom stereocenters. The average Bonchev–Trinajstić information content (AvgIpc) is 2.42. The number of benzene rings is 1. The van der Waals surface area contributed by atoms with Crippen molar-refractivity contribution in [3.63, 3.8) is 0 Å². The Morgan fingerprint density at radius 2 is 1.68 bits per heavy atom. The predicted molar refractivity (Wildman–Crippen MR) is 79.4 cm³/mol. The third kappa shape index (κ3) is 3.48. The first-order valence-electron chi connectivity index (χ1n) is 7.17. The number of nitrogens with two attached hydrogens (primary N) is 1. The van der Waals surface area contributed by atoms with E-state index in [0.29, 0.717) is 18.0 Å². The summed E-state index contributed by atoms with van der Waals surface area (Å²) in [6.07, 6.45) is 4.78. The number of hydrogen-bond acceptors (Lipinski definition) is 3. The molecule has 1 aliphatic rings. The summed E-state index contributed by atoms with van der Waals surface area (Å²) in [5.74, 6) is 1.63. The standard InChI is InChI=1S/C16H26N2O/c1-18(2)16(12-4-8-14(17)9-5-12)13-6-10-15(19-3)11-7-13/h6-7,10-12,14,16H,4-5,8-9,17H2,1-3H3. The molecule has 0 heterocycles. The fourth-order valence-corrected chi connectivity index (χ4v) is 3.25. The van der Waals surface area contributed by atoms with Crippen molar-refractivity contribution in [3.05, 3.63) is 29.8 Å². The smallest absolute Gasteiger partial charge is 0.118 e. The number of hydrogen-bond donors (Lipinski definition) is 1. The Kier molecular flexibility index (Phi) is 4.83. The predicted octanol–water partition coefficient (Wildman–Crippen LogP) is 2.82. The quantitative estimate of drug-likeness (QED) is 0.907. The third-order valence-corrected chi connectivity index (χ3v) is 4.28. The normalized spacial score (nSPS) is 25.3. The summed E-state index contributed by atoms with van der Waals surface area (Å²) in [5.41, 5.74) is 7.40. The lowest BCUT2D eigenvalue weighted by atomic mass is 9.79. The van der Waals surface area contributed by atoms with Gasteiger partial charge in [0.15, 0.2) is 0 Å². The van der Waals surface area contributed by atoms with Crippen LogP contribution in [0.25, 0.3) is 0 Å². The lowest BCUT2D eigenvalue weighted by Crippen LogP contribution is -2.34. The maximum Gasteiger partial charge on any atom is 0.118 e. The zero-order valence-corrected chi connectivity index (χ0v) is 12.3. The van der Waals surface area contributed by atoms with Crippen LogP contribution in [0.1, 0.15) is 37.3 Å². The van der Waals surface area contributed by atoms with Crippen LogP contribution >= 0.6 is 0 Å². The highest BCUT2D eigenvalue weighted by atomic mass is 16.5. The number of ether oxygens (including phenoxy) is 1. The molecule has 0 aliphatic heterocycles. The molecule has 0 saturated heterocycles. The molecule has 0 spiro atoms. The van der Waals surface area contributed by atoms with Crippen molar-refractivity contribution < 1.29 is 4.74 Å². The van der Waals surface area contributed by atoms with Crippen LogP contribution in [0.15, 0.2) is 24.3 Å². The van der Waals surface area contributed by atoms with Gasteiger partial charge in [0, 0.05) is 12.1 Å². The molecule has 1 atom stereocenters. The third-order valence-electron chi connectivity index (χ3n) is 4.28. The Morgan fingerprint density at radius 3 is 2.16 bits per heavy atom. The van der Waals surface area contributed by atoms with Gasteiger partial charge in [0.1, 0.15) is 5.75 Å². The summed E-state index contributed by atoms with van der Waals surface area (Å²) in [7, 11) is 6.05. The maximum absolute atomic E-state index is 6.02. The van der Waals surface area contributed by atoms with Gasteiger partial charge in [-0.1, -0.05) is 12.1 Å². The largest absolute Gasteiger partial charge is 0.497 e. The van der Waals surface area contributed by atoms with E-state index in [1.807, 2.05) is 0 Å². The van der Waals surface area contributed by atoms with E-state index >= 15 is 0 Å². The van der Waals surface area contributed by atoms with Gasteiger partial charge in [-0.25, -0.2) is 0 Å². The van der Waals surface area contributed by atoms with Crippen LogP contribution in [0.3, 0.4) is 0 Å². The summed E-state index contributed by atoms with van der Waals surface area (Å²) >= 11 is 0. The molecule has 1 aromatic carbocycles. The highest BCUT2D eigenvalue weighted by molar-refractivity contribution is 5.29.